The fraction of sp³-hybridized carbons (Fsp3) is 0.286. The zero-order valence-corrected chi connectivity index (χ0v) is 9.65. The molecule has 2 rings (SSSR count). The second-order valence-corrected chi connectivity index (χ2v) is 4.58. The molecule has 2 heterocycles. The van der Waals surface area contributed by atoms with E-state index in [0.29, 0.717) is 6.61 Å². The zero-order valence-electron chi connectivity index (χ0n) is 8.84. The molecular weight excluding hydrogens is 248 g/mol. The Kier molecular flexibility index (Phi) is 2.95. The van der Waals surface area contributed by atoms with Gasteiger partial charge in [0, 0.05) is 0 Å². The first-order chi connectivity index (χ1) is 8.12. The third kappa shape index (κ3) is 2.53. The quantitative estimate of drug-likeness (QED) is 0.677. The molecule has 0 aliphatic carbocycles. The highest BCUT2D eigenvalue weighted by Gasteiger charge is 2.17. The maximum absolute atomic E-state index is 11.7. The van der Waals surface area contributed by atoms with E-state index in [2.05, 4.69) is 30.1 Å². The van der Waals surface area contributed by atoms with Gasteiger partial charge in [-0.3, -0.25) is 5.10 Å². The van der Waals surface area contributed by atoms with Gasteiger partial charge < -0.3 is 4.74 Å². The van der Waals surface area contributed by atoms with E-state index in [1.165, 1.54) is 12.3 Å². The Morgan fingerprint density at radius 1 is 1.47 bits per heavy atom. The third-order valence-electron chi connectivity index (χ3n) is 1.73. The number of ether oxygens (including phenoxy) is 1. The standard InChI is InChI=1S/C7H10N6O3S/c1-2-16-7-9-6(11-12-7)13-17(14,15)5-3-4-8-10-5/h3-4H,2H2,1H3,(H,8,10)(H2,9,11,12,13). The summed E-state index contributed by atoms with van der Waals surface area (Å²) < 4.78 is 30.6. The van der Waals surface area contributed by atoms with E-state index >= 15 is 0 Å². The van der Waals surface area contributed by atoms with E-state index in [9.17, 15) is 8.42 Å². The van der Waals surface area contributed by atoms with Crippen LogP contribution in [0.15, 0.2) is 17.3 Å². The fourth-order valence-electron chi connectivity index (χ4n) is 1.06. The van der Waals surface area contributed by atoms with Crippen molar-refractivity contribution >= 4 is 16.0 Å². The molecule has 0 aromatic carbocycles. The van der Waals surface area contributed by atoms with Gasteiger partial charge in [0.05, 0.1) is 12.8 Å². The molecule has 0 aliphatic rings. The maximum atomic E-state index is 11.7. The molecule has 0 bridgehead atoms. The van der Waals surface area contributed by atoms with Crippen molar-refractivity contribution in [2.45, 2.75) is 11.9 Å². The SMILES string of the molecule is CCOc1n[nH]c(NS(=O)(=O)c2ccn[nH]2)n1. The van der Waals surface area contributed by atoms with Gasteiger partial charge in [-0.05, 0) is 13.0 Å². The first kappa shape index (κ1) is 11.4. The van der Waals surface area contributed by atoms with Crippen LogP contribution in [0, 0.1) is 0 Å². The number of H-pyrrole nitrogens is 2. The smallest absolute Gasteiger partial charge is 0.337 e. The summed E-state index contributed by atoms with van der Waals surface area (Å²) in [4.78, 5) is 3.78. The van der Waals surface area contributed by atoms with E-state index in [4.69, 9.17) is 4.74 Å². The van der Waals surface area contributed by atoms with Gasteiger partial charge in [0.2, 0.25) is 5.95 Å². The van der Waals surface area contributed by atoms with Crippen molar-refractivity contribution in [2.75, 3.05) is 11.3 Å². The number of nitrogens with one attached hydrogen (secondary N) is 3. The van der Waals surface area contributed by atoms with Crippen molar-refractivity contribution in [3.05, 3.63) is 12.3 Å². The lowest BCUT2D eigenvalue weighted by atomic mass is 10.8. The number of nitrogens with zero attached hydrogens (tertiary/aromatic N) is 3. The summed E-state index contributed by atoms with van der Waals surface area (Å²) in [7, 11) is -3.73. The summed E-state index contributed by atoms with van der Waals surface area (Å²) in [5.41, 5.74) is 0. The van der Waals surface area contributed by atoms with Crippen LogP contribution in [-0.4, -0.2) is 40.4 Å². The Hall–Kier alpha value is -2.10. The van der Waals surface area contributed by atoms with Crippen LogP contribution in [0.3, 0.4) is 0 Å². The van der Waals surface area contributed by atoms with Crippen LogP contribution in [0.1, 0.15) is 6.92 Å². The van der Waals surface area contributed by atoms with Crippen molar-refractivity contribution in [3.8, 4) is 6.01 Å². The van der Waals surface area contributed by atoms with Crippen LogP contribution >= 0.6 is 0 Å². The number of hydrogen-bond donors (Lipinski definition) is 3. The lowest BCUT2D eigenvalue weighted by molar-refractivity contribution is 0.314. The van der Waals surface area contributed by atoms with Gasteiger partial charge in [0.25, 0.3) is 10.0 Å². The van der Waals surface area contributed by atoms with Crippen molar-refractivity contribution in [2.24, 2.45) is 0 Å². The molecule has 0 unspecified atom stereocenters. The molecule has 0 fully saturated rings. The van der Waals surface area contributed by atoms with Gasteiger partial charge in [0.1, 0.15) is 0 Å². The molecule has 0 saturated carbocycles. The van der Waals surface area contributed by atoms with Crippen molar-refractivity contribution in [1.82, 2.24) is 25.4 Å². The van der Waals surface area contributed by atoms with E-state index in [1.807, 2.05) is 0 Å². The molecule has 0 radical (unpaired) electrons. The number of anilines is 1. The Balaban J connectivity index is 2.15. The molecule has 0 aliphatic heterocycles. The second-order valence-electron chi connectivity index (χ2n) is 2.93. The number of aromatic nitrogens is 5. The largest absolute Gasteiger partial charge is 0.463 e. The molecule has 0 atom stereocenters. The van der Waals surface area contributed by atoms with Gasteiger partial charge in [-0.2, -0.15) is 18.5 Å². The van der Waals surface area contributed by atoms with E-state index in [-0.39, 0.29) is 17.0 Å². The van der Waals surface area contributed by atoms with E-state index in [1.54, 1.807) is 6.92 Å². The van der Waals surface area contributed by atoms with Crippen LogP contribution in [0.25, 0.3) is 0 Å². The summed E-state index contributed by atoms with van der Waals surface area (Å²) in [6.45, 7) is 2.16. The molecule has 10 heteroatoms. The fourth-order valence-corrected chi connectivity index (χ4v) is 1.93. The van der Waals surface area contributed by atoms with Gasteiger partial charge in [-0.25, -0.2) is 9.82 Å². The first-order valence-corrected chi connectivity index (χ1v) is 6.17. The van der Waals surface area contributed by atoms with Gasteiger partial charge in [-0.1, -0.05) is 0 Å². The minimum Gasteiger partial charge on any atom is -0.463 e. The topological polar surface area (TPSA) is 126 Å². The van der Waals surface area contributed by atoms with Gasteiger partial charge in [-0.15, -0.1) is 5.10 Å². The monoisotopic (exact) mass is 258 g/mol. The Bertz CT molecular complexity index is 575. The lowest BCUT2D eigenvalue weighted by Gasteiger charge is -2.00. The summed E-state index contributed by atoms with van der Waals surface area (Å²) in [6.07, 6.45) is 1.33. The van der Waals surface area contributed by atoms with Crippen LogP contribution in [0.4, 0.5) is 5.95 Å². The molecule has 0 amide bonds. The van der Waals surface area contributed by atoms with Gasteiger partial charge >= 0.3 is 6.01 Å². The molecule has 9 nitrogen and oxygen atoms in total. The Morgan fingerprint density at radius 3 is 2.94 bits per heavy atom. The van der Waals surface area contributed by atoms with Crippen molar-refractivity contribution in [3.63, 3.8) is 0 Å². The van der Waals surface area contributed by atoms with Crippen LogP contribution in [0.5, 0.6) is 6.01 Å². The van der Waals surface area contributed by atoms with Crippen molar-refractivity contribution < 1.29 is 13.2 Å². The molecule has 2 aromatic rings. The summed E-state index contributed by atoms with van der Waals surface area (Å²) in [6, 6.07) is 1.40. The van der Waals surface area contributed by atoms with Crippen molar-refractivity contribution in [1.29, 1.82) is 0 Å². The van der Waals surface area contributed by atoms with Crippen LogP contribution in [0.2, 0.25) is 0 Å². The molecule has 17 heavy (non-hydrogen) atoms. The Morgan fingerprint density at radius 2 is 2.29 bits per heavy atom. The Labute approximate surface area is 96.7 Å². The highest BCUT2D eigenvalue weighted by molar-refractivity contribution is 7.92. The normalized spacial score (nSPS) is 11.4. The third-order valence-corrected chi connectivity index (χ3v) is 3.00. The van der Waals surface area contributed by atoms with E-state index in [0.717, 1.165) is 0 Å². The minimum atomic E-state index is -3.73. The maximum Gasteiger partial charge on any atom is 0.337 e. The number of hydrogen-bond acceptors (Lipinski definition) is 6. The molecule has 92 valence electrons. The average Bonchev–Trinajstić information content (AvgIpc) is 2.88. The van der Waals surface area contributed by atoms with Crippen LogP contribution in [-0.2, 0) is 10.0 Å². The molecular formula is C7H10N6O3S. The predicted octanol–water partition coefficient (Wildman–Crippen LogP) is -0.273. The van der Waals surface area contributed by atoms with Crippen LogP contribution < -0.4 is 9.46 Å². The zero-order chi connectivity index (χ0) is 12.3. The average molecular weight is 258 g/mol. The molecule has 3 N–H and O–H groups in total. The van der Waals surface area contributed by atoms with Gasteiger partial charge in [0.15, 0.2) is 5.03 Å². The second kappa shape index (κ2) is 4.41. The lowest BCUT2D eigenvalue weighted by Crippen LogP contribution is -2.14. The van der Waals surface area contributed by atoms with E-state index < -0.39 is 10.0 Å². The summed E-state index contributed by atoms with van der Waals surface area (Å²) in [5, 5.41) is 11.9. The summed E-state index contributed by atoms with van der Waals surface area (Å²) in [5.74, 6) is -0.0250. The number of sulfonamides is 1. The molecule has 2 aromatic heterocycles. The predicted molar refractivity (Wildman–Crippen MR) is 56.9 cm³/mol. The molecule has 0 spiro atoms. The highest BCUT2D eigenvalue weighted by Crippen LogP contribution is 2.11. The highest BCUT2D eigenvalue weighted by atomic mass is 32.2. The minimum absolute atomic E-state index is 0.0250. The molecule has 0 saturated heterocycles. The summed E-state index contributed by atoms with van der Waals surface area (Å²) >= 11 is 0. The first-order valence-electron chi connectivity index (χ1n) is 4.69. The number of rotatable bonds is 5. The number of aromatic amines is 2.